The van der Waals surface area contributed by atoms with Crippen molar-refractivity contribution in [3.63, 3.8) is 0 Å². The average molecular weight is 370 g/mol. The second kappa shape index (κ2) is 8.51. The first-order valence-electron chi connectivity index (χ1n) is 8.83. The summed E-state index contributed by atoms with van der Waals surface area (Å²) < 4.78 is 5.20. The van der Waals surface area contributed by atoms with Crippen LogP contribution in [0.1, 0.15) is 67.2 Å². The van der Waals surface area contributed by atoms with Gasteiger partial charge in [-0.15, -0.1) is 0 Å². The molecular formula is C18H30N2O6. The third-order valence-electron chi connectivity index (χ3n) is 3.88. The first kappa shape index (κ1) is 21.9. The van der Waals surface area contributed by atoms with Gasteiger partial charge in [-0.25, -0.2) is 4.79 Å². The molecule has 1 aliphatic rings. The van der Waals surface area contributed by atoms with Gasteiger partial charge in [0.25, 0.3) is 0 Å². The van der Waals surface area contributed by atoms with Gasteiger partial charge >= 0.3 is 11.9 Å². The van der Waals surface area contributed by atoms with Crippen molar-refractivity contribution >= 4 is 23.6 Å². The Hall–Kier alpha value is -2.12. The number of amides is 1. The molecule has 0 fully saturated rings. The molecule has 1 rings (SSSR count). The monoisotopic (exact) mass is 370 g/mol. The number of aliphatic carboxylic acids is 1. The normalized spacial score (nSPS) is 21.0. The highest BCUT2D eigenvalue weighted by Gasteiger charge is 2.44. The minimum atomic E-state index is -1.40. The summed E-state index contributed by atoms with van der Waals surface area (Å²) in [4.78, 5) is 40.2. The van der Waals surface area contributed by atoms with Gasteiger partial charge in [-0.05, 0) is 40.0 Å². The molecule has 0 aromatic heterocycles. The van der Waals surface area contributed by atoms with Crippen LogP contribution in [0.15, 0.2) is 5.16 Å². The van der Waals surface area contributed by atoms with E-state index in [0.29, 0.717) is 12.1 Å². The first-order valence-corrected chi connectivity index (χ1v) is 8.83. The van der Waals surface area contributed by atoms with Gasteiger partial charge in [-0.2, -0.15) is 0 Å². The van der Waals surface area contributed by atoms with Gasteiger partial charge in [-0.3, -0.25) is 9.59 Å². The fourth-order valence-corrected chi connectivity index (χ4v) is 2.52. The number of oxime groups is 1. The number of ether oxygens (including phenoxy) is 1. The molecule has 8 heteroatoms. The summed E-state index contributed by atoms with van der Waals surface area (Å²) in [5.74, 6) is -1.64. The second-order valence-electron chi connectivity index (χ2n) is 8.12. The van der Waals surface area contributed by atoms with Crippen LogP contribution in [0.2, 0.25) is 0 Å². The number of carboxylic acid groups (broad SMARTS) is 1. The zero-order valence-electron chi connectivity index (χ0n) is 16.4. The smallest absolute Gasteiger partial charge is 0.351 e. The quantitative estimate of drug-likeness (QED) is 0.634. The lowest BCUT2D eigenvalue weighted by Gasteiger charge is -2.23. The largest absolute Gasteiger partial charge is 0.478 e. The van der Waals surface area contributed by atoms with E-state index in [9.17, 15) is 19.5 Å². The Morgan fingerprint density at radius 2 is 1.92 bits per heavy atom. The summed E-state index contributed by atoms with van der Waals surface area (Å²) in [5, 5.41) is 16.0. The molecule has 1 aliphatic heterocycles. The third-order valence-corrected chi connectivity index (χ3v) is 3.88. The van der Waals surface area contributed by atoms with Crippen LogP contribution in [0.5, 0.6) is 0 Å². The van der Waals surface area contributed by atoms with Crippen molar-refractivity contribution in [2.24, 2.45) is 11.1 Å². The maximum absolute atomic E-state index is 12.2. The van der Waals surface area contributed by atoms with E-state index in [1.54, 1.807) is 20.8 Å². The lowest BCUT2D eigenvalue weighted by atomic mass is 9.91. The number of nitrogens with zero attached hydrogens (tertiary/aromatic N) is 1. The average Bonchev–Trinajstić information content (AvgIpc) is 2.86. The highest BCUT2D eigenvalue weighted by Crippen LogP contribution is 2.26. The molecule has 26 heavy (non-hydrogen) atoms. The summed E-state index contributed by atoms with van der Waals surface area (Å²) in [5.41, 5.74) is -1.44. The van der Waals surface area contributed by atoms with Crippen molar-refractivity contribution < 1.29 is 29.1 Å². The van der Waals surface area contributed by atoms with Gasteiger partial charge in [0.15, 0.2) is 0 Å². The number of hydrogen-bond donors (Lipinski definition) is 2. The van der Waals surface area contributed by atoms with Gasteiger partial charge in [0.05, 0.1) is 11.8 Å². The molecule has 0 bridgehead atoms. The predicted octanol–water partition coefficient (Wildman–Crippen LogP) is 2.26. The SMILES string of the molecule is CC(C)[C@H](NC(=O)CCCC(=O)OC(C)(C)C)C1=NOC(C)(C(=O)O)C1. The molecule has 0 aromatic carbocycles. The molecule has 0 radical (unpaired) electrons. The molecule has 0 saturated carbocycles. The minimum absolute atomic E-state index is 0.0169. The Morgan fingerprint density at radius 3 is 2.38 bits per heavy atom. The van der Waals surface area contributed by atoms with Crippen molar-refractivity contribution in [3.05, 3.63) is 0 Å². The molecule has 0 aliphatic carbocycles. The summed E-state index contributed by atoms with van der Waals surface area (Å²) in [6.07, 6.45) is 0.829. The Kier molecular flexibility index (Phi) is 7.17. The van der Waals surface area contributed by atoms with E-state index in [0.717, 1.165) is 0 Å². The van der Waals surface area contributed by atoms with E-state index in [4.69, 9.17) is 9.57 Å². The van der Waals surface area contributed by atoms with Crippen molar-refractivity contribution in [1.82, 2.24) is 5.32 Å². The Labute approximate surface area is 154 Å². The lowest BCUT2D eigenvalue weighted by Crippen LogP contribution is -2.46. The number of nitrogens with one attached hydrogen (secondary N) is 1. The highest BCUT2D eigenvalue weighted by molar-refractivity contribution is 5.98. The van der Waals surface area contributed by atoms with E-state index in [-0.39, 0.29) is 37.1 Å². The molecule has 1 heterocycles. The van der Waals surface area contributed by atoms with Crippen molar-refractivity contribution in [2.45, 2.75) is 84.5 Å². The Bertz CT molecular complexity index is 579. The fourth-order valence-electron chi connectivity index (χ4n) is 2.52. The van der Waals surface area contributed by atoms with Crippen LogP contribution in [0, 0.1) is 5.92 Å². The minimum Gasteiger partial charge on any atom is -0.478 e. The van der Waals surface area contributed by atoms with Crippen LogP contribution in [-0.2, 0) is 24.0 Å². The predicted molar refractivity (Wildman–Crippen MR) is 95.6 cm³/mol. The van der Waals surface area contributed by atoms with Crippen LogP contribution in [0.4, 0.5) is 0 Å². The summed E-state index contributed by atoms with van der Waals surface area (Å²) in [6.45, 7) is 10.6. The van der Waals surface area contributed by atoms with Crippen LogP contribution in [0.3, 0.4) is 0 Å². The zero-order valence-corrected chi connectivity index (χ0v) is 16.4. The molecule has 8 nitrogen and oxygen atoms in total. The molecule has 2 atom stereocenters. The number of carboxylic acids is 1. The summed E-state index contributed by atoms with van der Waals surface area (Å²) in [6, 6.07) is -0.412. The number of carbonyl (C=O) groups is 3. The number of esters is 1. The number of carbonyl (C=O) groups excluding carboxylic acids is 2. The van der Waals surface area contributed by atoms with Crippen LogP contribution in [-0.4, -0.2) is 45.9 Å². The summed E-state index contributed by atoms with van der Waals surface area (Å²) in [7, 11) is 0. The molecule has 0 spiro atoms. The zero-order chi connectivity index (χ0) is 20.1. The van der Waals surface area contributed by atoms with Crippen LogP contribution >= 0.6 is 0 Å². The third kappa shape index (κ3) is 6.65. The van der Waals surface area contributed by atoms with Gasteiger partial charge in [0.1, 0.15) is 5.60 Å². The highest BCUT2D eigenvalue weighted by atomic mass is 16.7. The van der Waals surface area contributed by atoms with E-state index in [1.807, 2.05) is 13.8 Å². The maximum Gasteiger partial charge on any atom is 0.351 e. The van der Waals surface area contributed by atoms with Crippen molar-refractivity contribution in [3.8, 4) is 0 Å². The number of hydrogen-bond acceptors (Lipinski definition) is 6. The molecule has 148 valence electrons. The standard InChI is InChI=1S/C18H30N2O6/c1-11(2)15(12-10-18(6,16(23)24)26-20-12)19-13(21)8-7-9-14(22)25-17(3,4)5/h11,15H,7-10H2,1-6H3,(H,19,21)(H,23,24)/t15-,18?/m0/s1. The molecular weight excluding hydrogens is 340 g/mol. The molecule has 0 aromatic rings. The Balaban J connectivity index is 2.52. The van der Waals surface area contributed by atoms with E-state index >= 15 is 0 Å². The first-order chi connectivity index (χ1) is 11.8. The number of rotatable bonds is 8. The molecule has 1 amide bonds. The van der Waals surface area contributed by atoms with E-state index < -0.39 is 23.2 Å². The molecule has 2 N–H and O–H groups in total. The second-order valence-corrected chi connectivity index (χ2v) is 8.12. The lowest BCUT2D eigenvalue weighted by molar-refractivity contribution is -0.160. The van der Waals surface area contributed by atoms with Gasteiger partial charge in [-0.1, -0.05) is 19.0 Å². The molecule has 1 unspecified atom stereocenters. The van der Waals surface area contributed by atoms with Gasteiger partial charge < -0.3 is 20.0 Å². The van der Waals surface area contributed by atoms with Gasteiger partial charge in [0, 0.05) is 19.3 Å². The van der Waals surface area contributed by atoms with Crippen molar-refractivity contribution in [2.75, 3.05) is 0 Å². The van der Waals surface area contributed by atoms with Crippen LogP contribution < -0.4 is 5.32 Å². The van der Waals surface area contributed by atoms with Crippen LogP contribution in [0.25, 0.3) is 0 Å². The van der Waals surface area contributed by atoms with E-state index in [1.165, 1.54) is 6.92 Å². The Morgan fingerprint density at radius 1 is 1.31 bits per heavy atom. The maximum atomic E-state index is 12.2. The van der Waals surface area contributed by atoms with Crippen molar-refractivity contribution in [1.29, 1.82) is 0 Å². The van der Waals surface area contributed by atoms with E-state index in [2.05, 4.69) is 10.5 Å². The summed E-state index contributed by atoms with van der Waals surface area (Å²) >= 11 is 0. The fraction of sp³-hybridized carbons (Fsp3) is 0.778. The molecule has 0 saturated heterocycles. The topological polar surface area (TPSA) is 114 Å². The van der Waals surface area contributed by atoms with Gasteiger partial charge in [0.2, 0.25) is 11.5 Å².